The third-order valence-electron chi connectivity index (χ3n) is 5.76. The number of amides is 1. The van der Waals surface area contributed by atoms with E-state index in [2.05, 4.69) is 38.2 Å². The standard InChI is InChI=1S/C20H23N5O/c1-12-2-3-13(20(26)24-14-4-5-14)11-25(12)17-7-9-21-16-10-23-19-15(18(16)17)6-8-22-19/h6-10,12-14,21H,2-5,11H2,1H3,(H,24,26). The van der Waals surface area contributed by atoms with Crippen LogP contribution in [0.5, 0.6) is 0 Å². The second kappa shape index (κ2) is 5.97. The Morgan fingerprint density at radius 1 is 1.23 bits per heavy atom. The number of nitrogens with zero attached hydrogens (tertiary/aromatic N) is 3. The molecule has 1 amide bonds. The summed E-state index contributed by atoms with van der Waals surface area (Å²) in [7, 11) is 0. The predicted octanol–water partition coefficient (Wildman–Crippen LogP) is 2.99. The number of anilines is 1. The number of hydrogen-bond acceptors (Lipinski definition) is 4. The maximum Gasteiger partial charge on any atom is 0.225 e. The highest BCUT2D eigenvalue weighted by molar-refractivity contribution is 6.10. The van der Waals surface area contributed by atoms with Crippen molar-refractivity contribution >= 4 is 33.5 Å². The molecule has 4 heterocycles. The molecule has 2 aliphatic rings. The second-order valence-corrected chi connectivity index (χ2v) is 7.65. The van der Waals surface area contributed by atoms with Crippen molar-refractivity contribution in [2.75, 3.05) is 11.4 Å². The van der Waals surface area contributed by atoms with Gasteiger partial charge in [0.15, 0.2) is 5.65 Å². The largest absolute Gasteiger partial charge is 0.367 e. The number of rotatable bonds is 3. The molecule has 2 fully saturated rings. The zero-order valence-corrected chi connectivity index (χ0v) is 14.9. The van der Waals surface area contributed by atoms with Crippen LogP contribution in [0, 0.1) is 5.92 Å². The first kappa shape index (κ1) is 15.6. The summed E-state index contributed by atoms with van der Waals surface area (Å²) in [6, 6.07) is 4.96. The van der Waals surface area contributed by atoms with Crippen molar-refractivity contribution < 1.29 is 4.79 Å². The van der Waals surface area contributed by atoms with Gasteiger partial charge in [-0.05, 0) is 44.7 Å². The molecule has 0 radical (unpaired) electrons. The van der Waals surface area contributed by atoms with Gasteiger partial charge in [0.2, 0.25) is 5.91 Å². The van der Waals surface area contributed by atoms with Gasteiger partial charge in [0.05, 0.1) is 17.6 Å². The van der Waals surface area contributed by atoms with Gasteiger partial charge in [-0.3, -0.25) is 4.79 Å². The second-order valence-electron chi connectivity index (χ2n) is 7.65. The van der Waals surface area contributed by atoms with Crippen LogP contribution in [0.25, 0.3) is 21.9 Å². The van der Waals surface area contributed by atoms with E-state index >= 15 is 0 Å². The maximum absolute atomic E-state index is 12.6. The molecular weight excluding hydrogens is 326 g/mol. The topological polar surface area (TPSA) is 73.9 Å². The minimum absolute atomic E-state index is 0.0566. The molecule has 2 N–H and O–H groups in total. The van der Waals surface area contributed by atoms with Crippen molar-refractivity contribution in [3.8, 4) is 0 Å². The molecule has 2 unspecified atom stereocenters. The molecule has 3 aromatic heterocycles. The lowest BCUT2D eigenvalue weighted by atomic mass is 9.91. The van der Waals surface area contributed by atoms with Crippen LogP contribution in [-0.2, 0) is 4.79 Å². The summed E-state index contributed by atoms with van der Waals surface area (Å²) in [5, 5.41) is 5.39. The molecule has 0 bridgehead atoms. The molecular formula is C20H23N5O. The third kappa shape index (κ3) is 2.60. The van der Waals surface area contributed by atoms with E-state index in [9.17, 15) is 4.79 Å². The highest BCUT2D eigenvalue weighted by atomic mass is 16.2. The lowest BCUT2D eigenvalue weighted by Crippen LogP contribution is -2.47. The molecule has 134 valence electrons. The van der Waals surface area contributed by atoms with Gasteiger partial charge in [0.25, 0.3) is 0 Å². The fourth-order valence-corrected chi connectivity index (χ4v) is 4.08. The van der Waals surface area contributed by atoms with Crippen molar-refractivity contribution in [2.24, 2.45) is 5.92 Å². The zero-order valence-electron chi connectivity index (χ0n) is 14.9. The SMILES string of the molecule is CC1CCC(C(=O)NC2CC2)CN1c1cc[nH]c2cnc3nccc3c12. The third-order valence-corrected chi connectivity index (χ3v) is 5.76. The Labute approximate surface area is 152 Å². The Kier molecular flexibility index (Phi) is 3.58. The average molecular weight is 349 g/mol. The minimum atomic E-state index is 0.0566. The summed E-state index contributed by atoms with van der Waals surface area (Å²) in [4.78, 5) is 27.1. The van der Waals surface area contributed by atoms with E-state index in [1.54, 1.807) is 6.20 Å². The first-order valence-corrected chi connectivity index (χ1v) is 9.48. The molecule has 1 saturated heterocycles. The first-order chi connectivity index (χ1) is 12.7. The number of hydrogen-bond donors (Lipinski definition) is 2. The quantitative estimate of drug-likeness (QED) is 0.762. The summed E-state index contributed by atoms with van der Waals surface area (Å²) >= 11 is 0. The molecule has 0 spiro atoms. The van der Waals surface area contributed by atoms with Gasteiger partial charge < -0.3 is 15.2 Å². The number of carbonyl (C=O) groups excluding carboxylic acids is 1. The summed E-state index contributed by atoms with van der Waals surface area (Å²) < 4.78 is 0. The monoisotopic (exact) mass is 349 g/mol. The molecule has 3 aromatic rings. The van der Waals surface area contributed by atoms with E-state index in [-0.39, 0.29) is 11.8 Å². The van der Waals surface area contributed by atoms with Gasteiger partial charge in [0, 0.05) is 47.5 Å². The summed E-state index contributed by atoms with van der Waals surface area (Å²) in [6.45, 7) is 3.01. The van der Waals surface area contributed by atoms with Gasteiger partial charge in [0.1, 0.15) is 0 Å². The average Bonchev–Trinajstić information content (AvgIpc) is 3.33. The number of fused-ring (bicyclic) bond motifs is 3. The van der Waals surface area contributed by atoms with Crippen molar-refractivity contribution in [1.29, 1.82) is 0 Å². The van der Waals surface area contributed by atoms with E-state index in [0.717, 1.165) is 59.9 Å². The summed E-state index contributed by atoms with van der Waals surface area (Å²) in [5.74, 6) is 0.277. The maximum atomic E-state index is 12.6. The van der Waals surface area contributed by atoms with Crippen LogP contribution in [0.4, 0.5) is 5.69 Å². The van der Waals surface area contributed by atoms with E-state index in [1.165, 1.54) is 0 Å². The van der Waals surface area contributed by atoms with Gasteiger partial charge in [-0.15, -0.1) is 0 Å². The number of carbonyl (C=O) groups is 1. The van der Waals surface area contributed by atoms with Crippen molar-refractivity contribution in [3.05, 3.63) is 30.7 Å². The van der Waals surface area contributed by atoms with Crippen molar-refractivity contribution in [1.82, 2.24) is 20.3 Å². The van der Waals surface area contributed by atoms with Crippen LogP contribution in [-0.4, -0.2) is 39.5 Å². The smallest absolute Gasteiger partial charge is 0.225 e. The highest BCUT2D eigenvalue weighted by Crippen LogP contribution is 2.35. The van der Waals surface area contributed by atoms with Crippen molar-refractivity contribution in [2.45, 2.75) is 44.7 Å². The van der Waals surface area contributed by atoms with Crippen LogP contribution in [0.3, 0.4) is 0 Å². The van der Waals surface area contributed by atoms with Crippen LogP contribution in [0.2, 0.25) is 0 Å². The molecule has 6 heteroatoms. The molecule has 0 aromatic carbocycles. The minimum Gasteiger partial charge on any atom is -0.367 e. The number of piperidine rings is 1. The molecule has 1 aliphatic heterocycles. The molecule has 2 atom stereocenters. The normalized spacial score (nSPS) is 23.5. The Balaban J connectivity index is 1.54. The van der Waals surface area contributed by atoms with Gasteiger partial charge >= 0.3 is 0 Å². The van der Waals surface area contributed by atoms with Gasteiger partial charge in [-0.25, -0.2) is 9.97 Å². The predicted molar refractivity (Wildman–Crippen MR) is 102 cm³/mol. The molecule has 5 rings (SSSR count). The van der Waals surface area contributed by atoms with E-state index in [4.69, 9.17) is 0 Å². The Morgan fingerprint density at radius 2 is 2.12 bits per heavy atom. The lowest BCUT2D eigenvalue weighted by molar-refractivity contribution is -0.125. The summed E-state index contributed by atoms with van der Waals surface area (Å²) in [5.41, 5.74) is 2.93. The van der Waals surface area contributed by atoms with E-state index in [1.807, 2.05) is 18.5 Å². The van der Waals surface area contributed by atoms with Crippen LogP contribution in [0.1, 0.15) is 32.6 Å². The number of H-pyrrole nitrogens is 1. The lowest BCUT2D eigenvalue weighted by Gasteiger charge is -2.39. The number of aromatic nitrogens is 3. The van der Waals surface area contributed by atoms with E-state index < -0.39 is 0 Å². The highest BCUT2D eigenvalue weighted by Gasteiger charge is 2.33. The Bertz CT molecular complexity index is 977. The summed E-state index contributed by atoms with van der Waals surface area (Å²) in [6.07, 6.45) is 9.86. The molecule has 26 heavy (non-hydrogen) atoms. The van der Waals surface area contributed by atoms with Crippen LogP contribution < -0.4 is 10.2 Å². The zero-order chi connectivity index (χ0) is 17.7. The van der Waals surface area contributed by atoms with Crippen LogP contribution >= 0.6 is 0 Å². The fourth-order valence-electron chi connectivity index (χ4n) is 4.08. The number of pyridine rings is 2. The fraction of sp³-hybridized carbons (Fsp3) is 0.450. The first-order valence-electron chi connectivity index (χ1n) is 9.48. The van der Waals surface area contributed by atoms with Crippen LogP contribution in [0.15, 0.2) is 30.7 Å². The van der Waals surface area contributed by atoms with E-state index in [0.29, 0.717) is 12.1 Å². The van der Waals surface area contributed by atoms with Crippen molar-refractivity contribution in [3.63, 3.8) is 0 Å². The number of nitrogens with one attached hydrogen (secondary N) is 2. The van der Waals surface area contributed by atoms with Gasteiger partial charge in [-0.2, -0.15) is 0 Å². The molecule has 6 nitrogen and oxygen atoms in total. The molecule has 1 saturated carbocycles. The molecule has 1 aliphatic carbocycles. The number of aromatic amines is 1. The van der Waals surface area contributed by atoms with Gasteiger partial charge in [-0.1, -0.05) is 0 Å². The Hall–Kier alpha value is -2.63. The Morgan fingerprint density at radius 3 is 2.96 bits per heavy atom.